The number of carbonyl (C=O) groups is 2. The van der Waals surface area contributed by atoms with Crippen LogP contribution in [0.4, 0.5) is 10.5 Å². The molecule has 1 unspecified atom stereocenters. The van der Waals surface area contributed by atoms with Gasteiger partial charge >= 0.3 is 12.0 Å². The summed E-state index contributed by atoms with van der Waals surface area (Å²) in [7, 11) is 3.93. The molecule has 1 aliphatic heterocycles. The molecule has 1 aromatic rings. The number of hydrogen-bond acceptors (Lipinski definition) is 4. The van der Waals surface area contributed by atoms with Crippen LogP contribution in [0.1, 0.15) is 25.5 Å². The quantitative estimate of drug-likeness (QED) is 0.834. The maximum atomic E-state index is 11.9. The normalized spacial score (nSPS) is 17.6. The van der Waals surface area contributed by atoms with E-state index in [0.717, 1.165) is 16.8 Å². The van der Waals surface area contributed by atoms with Crippen LogP contribution in [0.15, 0.2) is 35.5 Å². The van der Waals surface area contributed by atoms with E-state index in [1.165, 1.54) is 0 Å². The van der Waals surface area contributed by atoms with Gasteiger partial charge < -0.3 is 20.3 Å². The van der Waals surface area contributed by atoms with Crippen molar-refractivity contribution < 1.29 is 14.3 Å². The molecule has 0 spiro atoms. The summed E-state index contributed by atoms with van der Waals surface area (Å²) in [6.07, 6.45) is 0. The molecule has 1 aromatic carbocycles. The summed E-state index contributed by atoms with van der Waals surface area (Å²) in [5.74, 6) is -0.509. The monoisotopic (exact) mass is 303 g/mol. The molecule has 22 heavy (non-hydrogen) atoms. The smallest absolute Gasteiger partial charge is 0.354 e. The third-order valence-electron chi connectivity index (χ3n) is 3.56. The molecular formula is C16H21N3O3. The highest BCUT2D eigenvalue weighted by atomic mass is 16.5. The van der Waals surface area contributed by atoms with E-state index in [1.807, 2.05) is 50.2 Å². The lowest BCUT2D eigenvalue weighted by atomic mass is 9.96. The molecule has 2 amide bonds. The highest BCUT2D eigenvalue weighted by molar-refractivity contribution is 5.96. The Labute approximate surface area is 130 Å². The second-order valence-electron chi connectivity index (χ2n) is 5.30. The van der Waals surface area contributed by atoms with Gasteiger partial charge in [-0.25, -0.2) is 9.59 Å². The molecule has 1 aliphatic rings. The van der Waals surface area contributed by atoms with Crippen molar-refractivity contribution in [1.82, 2.24) is 10.6 Å². The minimum atomic E-state index is -0.509. The fraction of sp³-hybridized carbons (Fsp3) is 0.375. The first kappa shape index (κ1) is 15.9. The molecule has 1 heterocycles. The number of nitrogens with one attached hydrogen (secondary N) is 2. The van der Waals surface area contributed by atoms with Gasteiger partial charge in [0.15, 0.2) is 0 Å². The van der Waals surface area contributed by atoms with Gasteiger partial charge in [0, 0.05) is 19.8 Å². The van der Waals surface area contributed by atoms with Crippen molar-refractivity contribution in [3.63, 3.8) is 0 Å². The lowest BCUT2D eigenvalue weighted by Crippen LogP contribution is -2.45. The topological polar surface area (TPSA) is 70.7 Å². The molecule has 0 aliphatic carbocycles. The number of benzene rings is 1. The van der Waals surface area contributed by atoms with Crippen molar-refractivity contribution in [2.24, 2.45) is 0 Å². The van der Waals surface area contributed by atoms with Gasteiger partial charge in [0.1, 0.15) is 5.70 Å². The first-order valence-corrected chi connectivity index (χ1v) is 7.16. The van der Waals surface area contributed by atoms with Gasteiger partial charge in [-0.3, -0.25) is 0 Å². The van der Waals surface area contributed by atoms with E-state index in [0.29, 0.717) is 0 Å². The number of amides is 2. The lowest BCUT2D eigenvalue weighted by Gasteiger charge is -2.28. The fourth-order valence-electron chi connectivity index (χ4n) is 2.35. The minimum Gasteiger partial charge on any atom is -0.461 e. The van der Waals surface area contributed by atoms with Crippen LogP contribution in [0.3, 0.4) is 0 Å². The van der Waals surface area contributed by atoms with Crippen molar-refractivity contribution in [2.45, 2.75) is 19.9 Å². The van der Waals surface area contributed by atoms with Gasteiger partial charge in [0.2, 0.25) is 0 Å². The highest BCUT2D eigenvalue weighted by Crippen LogP contribution is 2.27. The fourth-order valence-corrected chi connectivity index (χ4v) is 2.35. The third kappa shape index (κ3) is 3.21. The number of esters is 1. The van der Waals surface area contributed by atoms with E-state index in [2.05, 4.69) is 10.6 Å². The molecular weight excluding hydrogens is 282 g/mol. The molecule has 0 bridgehead atoms. The average Bonchev–Trinajstić information content (AvgIpc) is 2.49. The Kier molecular flexibility index (Phi) is 4.70. The van der Waals surface area contributed by atoms with Crippen molar-refractivity contribution in [2.75, 3.05) is 25.6 Å². The van der Waals surface area contributed by atoms with E-state index in [9.17, 15) is 9.59 Å². The molecule has 6 heteroatoms. The Hall–Kier alpha value is -2.50. The van der Waals surface area contributed by atoms with Gasteiger partial charge in [-0.2, -0.15) is 0 Å². The Morgan fingerprint density at radius 1 is 1.27 bits per heavy atom. The minimum absolute atomic E-state index is 0.215. The SMILES string of the molecule is CCOC(=O)C1=C(C)C(c2ccc(N(C)C)cc2)NC(=O)N1. The maximum Gasteiger partial charge on any atom is 0.354 e. The zero-order valence-corrected chi connectivity index (χ0v) is 13.3. The summed E-state index contributed by atoms with van der Waals surface area (Å²) < 4.78 is 4.99. The average molecular weight is 303 g/mol. The van der Waals surface area contributed by atoms with Crippen molar-refractivity contribution >= 4 is 17.7 Å². The van der Waals surface area contributed by atoms with Crippen LogP contribution in [0.2, 0.25) is 0 Å². The second kappa shape index (κ2) is 6.51. The molecule has 0 aromatic heterocycles. The highest BCUT2D eigenvalue weighted by Gasteiger charge is 2.29. The first-order valence-electron chi connectivity index (χ1n) is 7.16. The van der Waals surface area contributed by atoms with E-state index in [1.54, 1.807) is 6.92 Å². The number of anilines is 1. The van der Waals surface area contributed by atoms with Crippen LogP contribution in [-0.2, 0) is 9.53 Å². The number of ether oxygens (including phenoxy) is 1. The predicted octanol–water partition coefficient (Wildman–Crippen LogP) is 1.94. The van der Waals surface area contributed by atoms with Crippen LogP contribution in [-0.4, -0.2) is 32.7 Å². The van der Waals surface area contributed by atoms with Crippen LogP contribution in [0.5, 0.6) is 0 Å². The van der Waals surface area contributed by atoms with Crippen LogP contribution < -0.4 is 15.5 Å². The van der Waals surface area contributed by atoms with Crippen LogP contribution >= 0.6 is 0 Å². The summed E-state index contributed by atoms with van der Waals surface area (Å²) >= 11 is 0. The number of hydrogen-bond donors (Lipinski definition) is 2. The number of nitrogens with zero attached hydrogens (tertiary/aromatic N) is 1. The molecule has 0 saturated heterocycles. The summed E-state index contributed by atoms with van der Waals surface area (Å²) in [6, 6.07) is 7.08. The van der Waals surface area contributed by atoms with E-state index < -0.39 is 12.0 Å². The summed E-state index contributed by atoms with van der Waals surface area (Å²) in [6.45, 7) is 3.80. The molecule has 0 saturated carbocycles. The zero-order chi connectivity index (χ0) is 16.3. The summed E-state index contributed by atoms with van der Waals surface area (Å²) in [5.41, 5.74) is 2.93. The standard InChI is InChI=1S/C16H21N3O3/c1-5-22-15(20)14-10(2)13(17-16(21)18-14)11-6-8-12(9-7-11)19(3)4/h6-9,13H,5H2,1-4H3,(H2,17,18,21). The molecule has 0 radical (unpaired) electrons. The van der Waals surface area contributed by atoms with Crippen molar-refractivity contribution in [1.29, 1.82) is 0 Å². The Morgan fingerprint density at radius 2 is 1.91 bits per heavy atom. The van der Waals surface area contributed by atoms with Gasteiger partial charge in [-0.1, -0.05) is 12.1 Å². The molecule has 2 rings (SSSR count). The Morgan fingerprint density at radius 3 is 2.45 bits per heavy atom. The zero-order valence-electron chi connectivity index (χ0n) is 13.3. The van der Waals surface area contributed by atoms with E-state index in [-0.39, 0.29) is 18.3 Å². The molecule has 118 valence electrons. The summed E-state index contributed by atoms with van der Waals surface area (Å²) in [5, 5.41) is 5.36. The molecule has 6 nitrogen and oxygen atoms in total. The molecule has 0 fully saturated rings. The molecule has 1 atom stereocenters. The van der Waals surface area contributed by atoms with Gasteiger partial charge in [0.25, 0.3) is 0 Å². The van der Waals surface area contributed by atoms with Crippen LogP contribution in [0.25, 0.3) is 0 Å². The predicted molar refractivity (Wildman–Crippen MR) is 84.5 cm³/mol. The van der Waals surface area contributed by atoms with Gasteiger partial charge in [0.05, 0.1) is 12.6 Å². The Bertz CT molecular complexity index is 606. The van der Waals surface area contributed by atoms with Crippen molar-refractivity contribution in [3.05, 3.63) is 41.1 Å². The molecule has 2 N–H and O–H groups in total. The largest absolute Gasteiger partial charge is 0.461 e. The van der Waals surface area contributed by atoms with E-state index in [4.69, 9.17) is 4.74 Å². The Balaban J connectivity index is 2.34. The second-order valence-corrected chi connectivity index (χ2v) is 5.30. The third-order valence-corrected chi connectivity index (χ3v) is 3.56. The van der Waals surface area contributed by atoms with Gasteiger partial charge in [-0.15, -0.1) is 0 Å². The first-order chi connectivity index (χ1) is 10.4. The summed E-state index contributed by atoms with van der Waals surface area (Å²) in [4.78, 5) is 25.8. The maximum absolute atomic E-state index is 11.9. The lowest BCUT2D eigenvalue weighted by molar-refractivity contribution is -0.139. The number of carbonyl (C=O) groups excluding carboxylic acids is 2. The number of rotatable bonds is 4. The van der Waals surface area contributed by atoms with E-state index >= 15 is 0 Å². The van der Waals surface area contributed by atoms with Crippen molar-refractivity contribution in [3.8, 4) is 0 Å². The van der Waals surface area contributed by atoms with Crippen LogP contribution in [0, 0.1) is 0 Å². The van der Waals surface area contributed by atoms with Gasteiger partial charge in [-0.05, 0) is 37.1 Å². The number of urea groups is 1.